The van der Waals surface area contributed by atoms with Crippen LogP contribution in [0.5, 0.6) is 0 Å². The van der Waals surface area contributed by atoms with Crippen LogP contribution in [0.25, 0.3) is 0 Å². The third-order valence-electron chi connectivity index (χ3n) is 2.87. The van der Waals surface area contributed by atoms with Crippen molar-refractivity contribution in [1.29, 1.82) is 0 Å². The molecule has 6 nitrogen and oxygen atoms in total. The van der Waals surface area contributed by atoms with Crippen LogP contribution in [-0.2, 0) is 28.4 Å². The molecular formula is C9H14O6. The first kappa shape index (κ1) is 9.95. The lowest BCUT2D eigenvalue weighted by molar-refractivity contribution is -0.260. The van der Waals surface area contributed by atoms with E-state index in [-0.39, 0.29) is 44.8 Å². The van der Waals surface area contributed by atoms with Crippen molar-refractivity contribution in [2.45, 2.75) is 24.4 Å². The summed E-state index contributed by atoms with van der Waals surface area (Å²) in [4.78, 5) is 0. The zero-order chi connectivity index (χ0) is 10.1. The molecule has 0 bridgehead atoms. The molecule has 86 valence electrons. The Morgan fingerprint density at radius 1 is 0.600 bits per heavy atom. The van der Waals surface area contributed by atoms with Gasteiger partial charge in [0.2, 0.25) is 0 Å². The Bertz CT molecular complexity index is 201. The van der Waals surface area contributed by atoms with Gasteiger partial charge in [0.1, 0.15) is 44.8 Å². The maximum atomic E-state index is 5.52. The summed E-state index contributed by atoms with van der Waals surface area (Å²) < 4.78 is 32.4. The Labute approximate surface area is 87.3 Å². The summed E-state index contributed by atoms with van der Waals surface area (Å²) in [5.41, 5.74) is 0. The lowest BCUT2D eigenvalue weighted by atomic mass is 10.0. The maximum absolute atomic E-state index is 5.52. The lowest BCUT2D eigenvalue weighted by Crippen LogP contribution is -2.54. The first-order valence-electron chi connectivity index (χ1n) is 5.07. The second-order valence-corrected chi connectivity index (χ2v) is 3.77. The van der Waals surface area contributed by atoms with Crippen molar-refractivity contribution < 1.29 is 28.4 Å². The van der Waals surface area contributed by atoms with Gasteiger partial charge in [0.25, 0.3) is 0 Å². The predicted octanol–water partition coefficient (Wildman–Crippen LogP) is -0.526. The highest BCUT2D eigenvalue weighted by molar-refractivity contribution is 4.89. The zero-order valence-corrected chi connectivity index (χ0v) is 8.29. The molecule has 3 saturated heterocycles. The van der Waals surface area contributed by atoms with Crippen LogP contribution in [0.1, 0.15) is 0 Å². The van der Waals surface area contributed by atoms with Gasteiger partial charge in [0, 0.05) is 0 Å². The molecule has 3 heterocycles. The molecule has 3 aliphatic heterocycles. The summed E-state index contributed by atoms with van der Waals surface area (Å²) in [6, 6.07) is 0. The Hall–Kier alpha value is -0.240. The van der Waals surface area contributed by atoms with Crippen LogP contribution in [0.3, 0.4) is 0 Å². The van der Waals surface area contributed by atoms with Crippen LogP contribution in [0.2, 0.25) is 0 Å². The highest BCUT2D eigenvalue weighted by Gasteiger charge is 2.44. The molecule has 0 aromatic carbocycles. The van der Waals surface area contributed by atoms with Gasteiger partial charge in [-0.15, -0.1) is 0 Å². The molecule has 0 unspecified atom stereocenters. The molecule has 3 aliphatic rings. The molecule has 6 heteroatoms. The van der Waals surface area contributed by atoms with Crippen LogP contribution < -0.4 is 0 Å². The zero-order valence-electron chi connectivity index (χ0n) is 8.29. The Balaban J connectivity index is 1.77. The monoisotopic (exact) mass is 218 g/mol. The van der Waals surface area contributed by atoms with Crippen molar-refractivity contribution in [3.63, 3.8) is 0 Å². The van der Waals surface area contributed by atoms with Gasteiger partial charge in [-0.2, -0.15) is 0 Å². The second kappa shape index (κ2) is 4.32. The van der Waals surface area contributed by atoms with Gasteiger partial charge in [-0.05, 0) is 0 Å². The van der Waals surface area contributed by atoms with Gasteiger partial charge in [-0.3, -0.25) is 0 Å². The van der Waals surface area contributed by atoms with Crippen LogP contribution in [0.15, 0.2) is 0 Å². The Kier molecular flexibility index (Phi) is 2.87. The van der Waals surface area contributed by atoms with Gasteiger partial charge in [-0.25, -0.2) is 0 Å². The van der Waals surface area contributed by atoms with E-state index in [0.29, 0.717) is 13.2 Å². The molecule has 0 spiro atoms. The van der Waals surface area contributed by atoms with Crippen LogP contribution in [0.4, 0.5) is 0 Å². The molecule has 4 atom stereocenters. The minimum absolute atomic E-state index is 0.105. The fourth-order valence-corrected chi connectivity index (χ4v) is 2.10. The number of hydrogen-bond acceptors (Lipinski definition) is 6. The smallest absolute Gasteiger partial charge is 0.147 e. The van der Waals surface area contributed by atoms with Crippen molar-refractivity contribution in [2.75, 3.05) is 33.6 Å². The molecule has 0 amide bonds. The van der Waals surface area contributed by atoms with Crippen LogP contribution >= 0.6 is 0 Å². The van der Waals surface area contributed by atoms with Gasteiger partial charge < -0.3 is 28.4 Å². The van der Waals surface area contributed by atoms with E-state index in [2.05, 4.69) is 0 Å². The largest absolute Gasteiger partial charge is 0.353 e. The summed E-state index contributed by atoms with van der Waals surface area (Å²) >= 11 is 0. The minimum Gasteiger partial charge on any atom is -0.353 e. The van der Waals surface area contributed by atoms with E-state index in [9.17, 15) is 0 Å². The fourth-order valence-electron chi connectivity index (χ4n) is 2.10. The normalized spacial score (nSPS) is 46.4. The summed E-state index contributed by atoms with van der Waals surface area (Å²) in [5, 5.41) is 0. The van der Waals surface area contributed by atoms with Crippen molar-refractivity contribution in [2.24, 2.45) is 0 Å². The van der Waals surface area contributed by atoms with E-state index in [1.807, 2.05) is 0 Å². The predicted molar refractivity (Wildman–Crippen MR) is 46.0 cm³/mol. The van der Waals surface area contributed by atoms with Crippen molar-refractivity contribution in [1.82, 2.24) is 0 Å². The summed E-state index contributed by atoms with van der Waals surface area (Å²) in [7, 11) is 0. The molecule has 0 saturated carbocycles. The van der Waals surface area contributed by atoms with Gasteiger partial charge in [0.15, 0.2) is 0 Å². The first-order chi connectivity index (χ1) is 7.45. The third-order valence-corrected chi connectivity index (χ3v) is 2.87. The molecule has 3 fully saturated rings. The average Bonchev–Trinajstić information content (AvgIpc) is 2.48. The maximum Gasteiger partial charge on any atom is 0.147 e. The van der Waals surface area contributed by atoms with Crippen molar-refractivity contribution in [3.05, 3.63) is 0 Å². The van der Waals surface area contributed by atoms with Crippen molar-refractivity contribution >= 4 is 0 Å². The molecule has 0 N–H and O–H groups in total. The quantitative estimate of drug-likeness (QED) is 0.545. The highest BCUT2D eigenvalue weighted by Crippen LogP contribution is 2.26. The molecule has 0 aliphatic carbocycles. The Morgan fingerprint density at radius 3 is 1.67 bits per heavy atom. The average molecular weight is 218 g/mol. The van der Waals surface area contributed by atoms with Gasteiger partial charge in [0.05, 0.1) is 13.2 Å². The molecule has 0 radical (unpaired) electrons. The second-order valence-electron chi connectivity index (χ2n) is 3.77. The van der Waals surface area contributed by atoms with E-state index in [4.69, 9.17) is 28.4 Å². The molecule has 0 aromatic rings. The SMILES string of the molecule is C1OC[C@H]2OCO[C@H]3COCO[C@H]3[C@H]2O1. The number of ether oxygens (including phenoxy) is 6. The molecule has 15 heavy (non-hydrogen) atoms. The lowest BCUT2D eigenvalue weighted by Gasteiger charge is -2.37. The summed E-state index contributed by atoms with van der Waals surface area (Å²) in [5.74, 6) is 0. The first-order valence-corrected chi connectivity index (χ1v) is 5.07. The summed E-state index contributed by atoms with van der Waals surface area (Å²) in [6.07, 6.45) is -0.441. The van der Waals surface area contributed by atoms with Crippen LogP contribution in [0, 0.1) is 0 Å². The van der Waals surface area contributed by atoms with Crippen LogP contribution in [-0.4, -0.2) is 58.0 Å². The van der Waals surface area contributed by atoms with Crippen molar-refractivity contribution in [3.8, 4) is 0 Å². The van der Waals surface area contributed by atoms with E-state index < -0.39 is 0 Å². The standard InChI is InChI=1S/C9H14O6/c1-6-8(14-3-10-1)9-7(13-5-12-6)2-11-4-15-9/h6-9H,1-5H2/t6-,7+,8+,9-. The van der Waals surface area contributed by atoms with Gasteiger partial charge >= 0.3 is 0 Å². The van der Waals surface area contributed by atoms with E-state index in [1.54, 1.807) is 0 Å². The highest BCUT2D eigenvalue weighted by atomic mass is 16.8. The third kappa shape index (κ3) is 1.89. The minimum atomic E-state index is -0.116. The number of fused-ring (bicyclic) bond motifs is 3. The topological polar surface area (TPSA) is 55.4 Å². The van der Waals surface area contributed by atoms with Gasteiger partial charge in [-0.1, -0.05) is 0 Å². The Morgan fingerprint density at radius 2 is 1.13 bits per heavy atom. The molecule has 0 aromatic heterocycles. The molecule has 3 rings (SSSR count). The number of hydrogen-bond donors (Lipinski definition) is 0. The van der Waals surface area contributed by atoms with E-state index in [1.165, 1.54) is 0 Å². The fraction of sp³-hybridized carbons (Fsp3) is 1.00. The summed E-state index contributed by atoms with van der Waals surface area (Å²) in [6.45, 7) is 1.88. The number of rotatable bonds is 0. The van der Waals surface area contributed by atoms with E-state index in [0.717, 1.165) is 0 Å². The van der Waals surface area contributed by atoms with E-state index >= 15 is 0 Å². The molecular weight excluding hydrogens is 204 g/mol.